The molecular formula is C25H34O8. The molecule has 1 N–H and O–H groups in total. The van der Waals surface area contributed by atoms with Gasteiger partial charge in [-0.05, 0) is 49.2 Å². The minimum Gasteiger partial charge on any atom is -0.493 e. The lowest BCUT2D eigenvalue weighted by Crippen LogP contribution is -2.05. The highest BCUT2D eigenvalue weighted by Crippen LogP contribution is 2.21. The fourth-order valence-electron chi connectivity index (χ4n) is 2.66. The summed E-state index contributed by atoms with van der Waals surface area (Å²) in [7, 11) is 4.65. The van der Waals surface area contributed by atoms with E-state index in [9.17, 15) is 9.59 Å². The van der Waals surface area contributed by atoms with E-state index in [-0.39, 0.29) is 11.5 Å². The number of carboxylic acids is 1. The monoisotopic (exact) mass is 462 g/mol. The fourth-order valence-corrected chi connectivity index (χ4v) is 2.66. The topological polar surface area (TPSA) is 101 Å². The maximum absolute atomic E-state index is 11.4. The first kappa shape index (κ1) is 27.9. The van der Waals surface area contributed by atoms with Crippen molar-refractivity contribution >= 4 is 11.9 Å². The highest BCUT2D eigenvalue weighted by molar-refractivity contribution is 5.90. The minimum absolute atomic E-state index is 0.243. The number of carboxylic acid groups (broad SMARTS) is 1. The van der Waals surface area contributed by atoms with Gasteiger partial charge < -0.3 is 28.8 Å². The van der Waals surface area contributed by atoms with Crippen molar-refractivity contribution in [2.24, 2.45) is 0 Å². The van der Waals surface area contributed by atoms with Crippen LogP contribution in [0.25, 0.3) is 0 Å². The van der Waals surface area contributed by atoms with Gasteiger partial charge in [0.25, 0.3) is 0 Å². The van der Waals surface area contributed by atoms with Crippen molar-refractivity contribution in [2.75, 3.05) is 47.8 Å². The van der Waals surface area contributed by atoms with E-state index in [0.717, 1.165) is 24.0 Å². The predicted octanol–water partition coefficient (Wildman–Crippen LogP) is 4.31. The van der Waals surface area contributed by atoms with E-state index >= 15 is 0 Å². The smallest absolute Gasteiger partial charge is 0.337 e. The van der Waals surface area contributed by atoms with Gasteiger partial charge in [-0.1, -0.05) is 12.1 Å². The lowest BCUT2D eigenvalue weighted by Gasteiger charge is -2.10. The molecule has 182 valence electrons. The van der Waals surface area contributed by atoms with Crippen LogP contribution in [0.1, 0.15) is 44.7 Å². The Balaban J connectivity index is 0.000000331. The van der Waals surface area contributed by atoms with Crippen LogP contribution in [-0.4, -0.2) is 64.8 Å². The number of ether oxygens (including phenoxy) is 5. The van der Waals surface area contributed by atoms with E-state index < -0.39 is 5.97 Å². The zero-order valence-corrected chi connectivity index (χ0v) is 20.0. The number of methoxy groups -OCH3 is 3. The van der Waals surface area contributed by atoms with Crippen LogP contribution in [0.3, 0.4) is 0 Å². The quantitative estimate of drug-likeness (QED) is 0.368. The van der Waals surface area contributed by atoms with Crippen molar-refractivity contribution < 1.29 is 38.4 Å². The van der Waals surface area contributed by atoms with Gasteiger partial charge >= 0.3 is 11.9 Å². The molecule has 0 unspecified atom stereocenters. The molecule has 0 radical (unpaired) electrons. The second-order valence-corrected chi connectivity index (χ2v) is 7.15. The fraction of sp³-hybridized carbons (Fsp3) is 0.440. The number of rotatable bonds is 12. The zero-order chi connectivity index (χ0) is 24.6. The van der Waals surface area contributed by atoms with E-state index in [4.69, 9.17) is 24.1 Å². The molecule has 0 amide bonds. The van der Waals surface area contributed by atoms with E-state index in [1.54, 1.807) is 44.6 Å². The molecule has 2 aromatic carbocycles. The summed E-state index contributed by atoms with van der Waals surface area (Å²) in [5.41, 5.74) is 2.67. The molecule has 0 aliphatic rings. The normalized spacial score (nSPS) is 10.1. The molecule has 0 bridgehead atoms. The largest absolute Gasteiger partial charge is 0.493 e. The molecule has 0 spiro atoms. The molecule has 0 aliphatic carbocycles. The maximum atomic E-state index is 11.4. The van der Waals surface area contributed by atoms with Crippen molar-refractivity contribution in [1.82, 2.24) is 0 Å². The van der Waals surface area contributed by atoms with Gasteiger partial charge in [-0.15, -0.1) is 0 Å². The standard InChI is InChI=1S/C13H18O4.C12H16O4/c1-10-5-6-11(13(14)16-3)9-12(10)17-8-4-7-15-2;1-9-4-5-10(12(13)14)8-11(9)16-7-3-6-15-2/h5-6,9H,4,7-8H2,1-3H3;4-5,8H,3,6-7H2,1-2H3,(H,13,14). The molecule has 0 fully saturated rings. The highest BCUT2D eigenvalue weighted by atomic mass is 16.5. The van der Waals surface area contributed by atoms with Crippen molar-refractivity contribution in [3.63, 3.8) is 0 Å². The number of aryl methyl sites for hydroxylation is 2. The summed E-state index contributed by atoms with van der Waals surface area (Å²) in [5, 5.41) is 8.83. The van der Waals surface area contributed by atoms with Crippen LogP contribution < -0.4 is 9.47 Å². The Bertz CT molecular complexity index is 879. The third-order valence-electron chi connectivity index (χ3n) is 4.55. The molecule has 2 rings (SSSR count). The molecule has 0 atom stereocenters. The SMILES string of the molecule is COCCCOc1cc(C(=O)O)ccc1C.COCCCOc1cc(C(=O)OC)ccc1C. The van der Waals surface area contributed by atoms with Crippen LogP contribution in [0.2, 0.25) is 0 Å². The molecule has 0 aliphatic heterocycles. The Morgan fingerprint density at radius 1 is 0.727 bits per heavy atom. The zero-order valence-electron chi connectivity index (χ0n) is 20.0. The minimum atomic E-state index is -0.943. The lowest BCUT2D eigenvalue weighted by atomic mass is 10.1. The van der Waals surface area contributed by atoms with Crippen molar-refractivity contribution in [2.45, 2.75) is 26.7 Å². The summed E-state index contributed by atoms with van der Waals surface area (Å²) in [5.74, 6) is 0.0356. The lowest BCUT2D eigenvalue weighted by molar-refractivity contribution is 0.0599. The number of aromatic carboxylic acids is 1. The number of carbonyl (C=O) groups is 2. The van der Waals surface area contributed by atoms with Gasteiger partial charge in [-0.2, -0.15) is 0 Å². The van der Waals surface area contributed by atoms with Crippen LogP contribution in [0.15, 0.2) is 36.4 Å². The summed E-state index contributed by atoms with van der Waals surface area (Å²) in [6.45, 7) is 6.22. The van der Waals surface area contributed by atoms with E-state index in [1.807, 2.05) is 19.9 Å². The first-order chi connectivity index (χ1) is 15.8. The van der Waals surface area contributed by atoms with E-state index in [2.05, 4.69) is 4.74 Å². The molecule has 33 heavy (non-hydrogen) atoms. The van der Waals surface area contributed by atoms with Crippen LogP contribution in [0.5, 0.6) is 11.5 Å². The van der Waals surface area contributed by atoms with Gasteiger partial charge in [-0.3, -0.25) is 0 Å². The summed E-state index contributed by atoms with van der Waals surface area (Å²) in [6.07, 6.45) is 1.60. The molecule has 8 nitrogen and oxygen atoms in total. The molecule has 8 heteroatoms. The van der Waals surface area contributed by atoms with Gasteiger partial charge in [0, 0.05) is 40.3 Å². The van der Waals surface area contributed by atoms with Crippen molar-refractivity contribution in [3.8, 4) is 11.5 Å². The third kappa shape index (κ3) is 10.4. The number of benzene rings is 2. The van der Waals surface area contributed by atoms with Crippen LogP contribution in [0, 0.1) is 13.8 Å². The van der Waals surface area contributed by atoms with Crippen molar-refractivity contribution in [1.29, 1.82) is 0 Å². The summed E-state index contributed by atoms with van der Waals surface area (Å²) in [6, 6.07) is 10.1. The Morgan fingerprint density at radius 3 is 1.61 bits per heavy atom. The average Bonchev–Trinajstić information content (AvgIpc) is 2.81. The van der Waals surface area contributed by atoms with Gasteiger partial charge in [0.2, 0.25) is 0 Å². The summed E-state index contributed by atoms with van der Waals surface area (Å²) in [4.78, 5) is 22.1. The number of hydrogen-bond donors (Lipinski definition) is 1. The Kier molecular flexibility index (Phi) is 13.3. The second kappa shape index (κ2) is 15.7. The van der Waals surface area contributed by atoms with Crippen LogP contribution >= 0.6 is 0 Å². The van der Waals surface area contributed by atoms with Gasteiger partial charge in [0.05, 0.1) is 31.5 Å². The Hall–Kier alpha value is -3.10. The van der Waals surface area contributed by atoms with Crippen molar-refractivity contribution in [3.05, 3.63) is 58.7 Å². The number of hydrogen-bond acceptors (Lipinski definition) is 7. The number of esters is 1. The first-order valence-corrected chi connectivity index (χ1v) is 10.6. The third-order valence-corrected chi connectivity index (χ3v) is 4.55. The average molecular weight is 463 g/mol. The second-order valence-electron chi connectivity index (χ2n) is 7.15. The van der Waals surface area contributed by atoms with Gasteiger partial charge in [-0.25, -0.2) is 9.59 Å². The van der Waals surface area contributed by atoms with Gasteiger partial charge in [0.15, 0.2) is 0 Å². The Morgan fingerprint density at radius 2 is 1.18 bits per heavy atom. The van der Waals surface area contributed by atoms with Gasteiger partial charge in [0.1, 0.15) is 11.5 Å². The molecule has 0 heterocycles. The summed E-state index contributed by atoms with van der Waals surface area (Å²) >= 11 is 0. The Labute approximate surface area is 195 Å². The molecule has 0 aromatic heterocycles. The first-order valence-electron chi connectivity index (χ1n) is 10.6. The van der Waals surface area contributed by atoms with Crippen LogP contribution in [-0.2, 0) is 14.2 Å². The predicted molar refractivity (Wildman–Crippen MR) is 125 cm³/mol. The highest BCUT2D eigenvalue weighted by Gasteiger charge is 2.09. The van der Waals surface area contributed by atoms with E-state index in [1.165, 1.54) is 7.11 Å². The number of carbonyl (C=O) groups excluding carboxylic acids is 1. The molecule has 0 saturated carbocycles. The van der Waals surface area contributed by atoms with Crippen LogP contribution in [0.4, 0.5) is 0 Å². The maximum Gasteiger partial charge on any atom is 0.337 e. The summed E-state index contributed by atoms with van der Waals surface area (Å²) < 4.78 is 25.6. The molecular weight excluding hydrogens is 428 g/mol. The van der Waals surface area contributed by atoms with E-state index in [0.29, 0.717) is 43.5 Å². The molecule has 0 saturated heterocycles. The molecule has 2 aromatic rings.